The van der Waals surface area contributed by atoms with Crippen LogP contribution in [0.3, 0.4) is 0 Å². The SMILES string of the molecule is [2H]c1c([2H])c([2H])c2c(c1[2H])c1ccccc1n2-c1nc(-c2ccccc2-n2c3ccccc3c3ccccc32)nc(-n2c3ccccc3c3c([2H])c([2H])c([2H])c([2H])c32)n1. The average molecular weight is 661 g/mol. The molecule has 0 radical (unpaired) electrons. The first-order valence-corrected chi connectivity index (χ1v) is 16.5. The van der Waals surface area contributed by atoms with Crippen molar-refractivity contribution in [3.05, 3.63) is 170 Å². The summed E-state index contributed by atoms with van der Waals surface area (Å²) >= 11 is 0. The maximum Gasteiger partial charge on any atom is 0.240 e. The largest absolute Gasteiger partial charge is 0.309 e. The molecule has 0 amide bonds. The van der Waals surface area contributed by atoms with Crippen LogP contribution in [-0.2, 0) is 0 Å². The second-order valence-electron chi connectivity index (χ2n) is 12.3. The molecule has 0 aliphatic heterocycles. The van der Waals surface area contributed by atoms with E-state index in [2.05, 4.69) is 28.8 Å². The lowest BCUT2D eigenvalue weighted by molar-refractivity contribution is 0.892. The quantitative estimate of drug-likeness (QED) is 0.189. The van der Waals surface area contributed by atoms with Crippen LogP contribution >= 0.6 is 0 Å². The third kappa shape index (κ3) is 4.01. The van der Waals surface area contributed by atoms with Crippen LogP contribution in [0.2, 0.25) is 0 Å². The molecule has 4 heterocycles. The van der Waals surface area contributed by atoms with Crippen molar-refractivity contribution in [1.29, 1.82) is 0 Å². The van der Waals surface area contributed by atoms with Gasteiger partial charge in [0.05, 0.1) is 49.8 Å². The highest BCUT2D eigenvalue weighted by molar-refractivity contribution is 6.11. The van der Waals surface area contributed by atoms with Gasteiger partial charge in [-0.2, -0.15) is 15.0 Å². The topological polar surface area (TPSA) is 53.5 Å². The van der Waals surface area contributed by atoms with Crippen molar-refractivity contribution in [2.45, 2.75) is 0 Å². The van der Waals surface area contributed by atoms with E-state index in [1.54, 1.807) is 21.3 Å². The summed E-state index contributed by atoms with van der Waals surface area (Å²) in [5, 5.41) is 3.91. The Balaban J connectivity index is 1.32. The predicted molar refractivity (Wildman–Crippen MR) is 208 cm³/mol. The minimum atomic E-state index is -0.406. The maximum atomic E-state index is 9.18. The van der Waals surface area contributed by atoms with Crippen LogP contribution in [0.5, 0.6) is 0 Å². The molecule has 0 saturated heterocycles. The second-order valence-corrected chi connectivity index (χ2v) is 12.3. The van der Waals surface area contributed by atoms with Gasteiger partial charge < -0.3 is 4.57 Å². The Morgan fingerprint density at radius 2 is 0.745 bits per heavy atom. The monoisotopic (exact) mass is 660 g/mol. The summed E-state index contributed by atoms with van der Waals surface area (Å²) in [6.45, 7) is 0. The molecule has 7 aromatic carbocycles. The van der Waals surface area contributed by atoms with Crippen LogP contribution in [0.15, 0.2) is 170 Å². The van der Waals surface area contributed by atoms with Crippen LogP contribution in [-0.4, -0.2) is 28.7 Å². The van der Waals surface area contributed by atoms with Crippen molar-refractivity contribution in [3.8, 4) is 29.0 Å². The van der Waals surface area contributed by atoms with E-state index in [9.17, 15) is 2.74 Å². The predicted octanol–water partition coefficient (Wildman–Crippen LogP) is 10.8. The Morgan fingerprint density at radius 1 is 0.353 bits per heavy atom. The molecule has 0 aliphatic rings. The Kier molecular flexibility index (Phi) is 4.44. The molecule has 11 aromatic rings. The van der Waals surface area contributed by atoms with Crippen molar-refractivity contribution in [2.75, 3.05) is 0 Å². The zero-order chi connectivity index (χ0) is 40.4. The van der Waals surface area contributed by atoms with Gasteiger partial charge >= 0.3 is 0 Å². The van der Waals surface area contributed by atoms with Crippen molar-refractivity contribution in [2.24, 2.45) is 0 Å². The molecule has 0 unspecified atom stereocenters. The normalized spacial score (nSPS) is 14.1. The molecule has 51 heavy (non-hydrogen) atoms. The third-order valence-corrected chi connectivity index (χ3v) is 9.59. The van der Waals surface area contributed by atoms with E-state index in [-0.39, 0.29) is 65.0 Å². The molecule has 6 nitrogen and oxygen atoms in total. The summed E-state index contributed by atoms with van der Waals surface area (Å²) in [6, 6.07) is 36.1. The fourth-order valence-corrected chi connectivity index (χ4v) is 7.47. The number of hydrogen-bond donors (Lipinski definition) is 0. The van der Waals surface area contributed by atoms with Crippen molar-refractivity contribution >= 4 is 65.4 Å². The number of nitrogens with zero attached hydrogens (tertiary/aromatic N) is 6. The highest BCUT2D eigenvalue weighted by Gasteiger charge is 2.22. The highest BCUT2D eigenvalue weighted by Crippen LogP contribution is 2.37. The summed E-state index contributed by atoms with van der Waals surface area (Å²) in [5.41, 5.74) is 4.76. The van der Waals surface area contributed by atoms with Gasteiger partial charge in [-0.25, -0.2) is 0 Å². The van der Waals surface area contributed by atoms with Gasteiger partial charge in [-0.3, -0.25) is 9.13 Å². The molecule has 238 valence electrons. The summed E-state index contributed by atoms with van der Waals surface area (Å²) in [6.07, 6.45) is 0. The van der Waals surface area contributed by atoms with E-state index < -0.39 is 12.1 Å². The standard InChI is InChI=1S/C45H28N6/c1-8-22-36-29(15-1)30-16-2-9-23-37(30)49(36)42-28-14-7-21-35(42)43-46-44(50-38-24-10-3-17-31(38)32-18-4-11-25-39(32)50)48-45(47-43)51-40-26-12-5-19-33(40)34-20-6-13-27-41(34)51/h1-28H/i3D,5D,10D,12D,17D,19D,24D,26D. The molecule has 4 aromatic heterocycles. The lowest BCUT2D eigenvalue weighted by Gasteiger charge is -2.16. The summed E-state index contributed by atoms with van der Waals surface area (Å²) < 4.78 is 76.2. The van der Waals surface area contributed by atoms with E-state index >= 15 is 0 Å². The zero-order valence-corrected chi connectivity index (χ0v) is 26.7. The lowest BCUT2D eigenvalue weighted by atomic mass is 10.1. The Labute approximate surface area is 303 Å². The third-order valence-electron chi connectivity index (χ3n) is 9.59. The first-order chi connectivity index (χ1) is 28.7. The minimum Gasteiger partial charge on any atom is -0.309 e. The van der Waals surface area contributed by atoms with E-state index in [1.807, 2.05) is 84.9 Å². The van der Waals surface area contributed by atoms with Crippen molar-refractivity contribution < 1.29 is 11.0 Å². The first kappa shape index (κ1) is 21.1. The van der Waals surface area contributed by atoms with Gasteiger partial charge in [-0.1, -0.05) is 121 Å². The van der Waals surface area contributed by atoms with Crippen LogP contribution in [0, 0.1) is 0 Å². The highest BCUT2D eigenvalue weighted by atomic mass is 15.3. The lowest BCUT2D eigenvalue weighted by Crippen LogP contribution is -2.11. The van der Waals surface area contributed by atoms with E-state index in [1.165, 1.54) is 0 Å². The van der Waals surface area contributed by atoms with E-state index in [0.29, 0.717) is 38.1 Å². The fourth-order valence-electron chi connectivity index (χ4n) is 7.47. The van der Waals surface area contributed by atoms with Crippen LogP contribution in [0.1, 0.15) is 11.0 Å². The van der Waals surface area contributed by atoms with Gasteiger partial charge in [0.15, 0.2) is 5.82 Å². The molecule has 0 aliphatic carbocycles. The zero-order valence-electron chi connectivity index (χ0n) is 34.7. The van der Waals surface area contributed by atoms with Crippen LogP contribution in [0.4, 0.5) is 0 Å². The van der Waals surface area contributed by atoms with Crippen LogP contribution < -0.4 is 0 Å². The molecule has 0 saturated carbocycles. The first-order valence-electron chi connectivity index (χ1n) is 20.5. The molecule has 0 fully saturated rings. The number of hydrogen-bond acceptors (Lipinski definition) is 3. The van der Waals surface area contributed by atoms with Gasteiger partial charge in [0.1, 0.15) is 0 Å². The van der Waals surface area contributed by atoms with Crippen LogP contribution in [0.25, 0.3) is 94.4 Å². The van der Waals surface area contributed by atoms with Gasteiger partial charge in [0.25, 0.3) is 0 Å². The van der Waals surface area contributed by atoms with Crippen molar-refractivity contribution in [3.63, 3.8) is 0 Å². The molecule has 6 heteroatoms. The summed E-state index contributed by atoms with van der Waals surface area (Å²) in [7, 11) is 0. The molecular formula is C45H28N6. The molecule has 0 spiro atoms. The minimum absolute atomic E-state index is 0.0463. The van der Waals surface area contributed by atoms with E-state index in [4.69, 9.17) is 23.2 Å². The van der Waals surface area contributed by atoms with Gasteiger partial charge in [0.2, 0.25) is 11.9 Å². The Bertz CT molecular complexity index is 3420. The molecule has 0 bridgehead atoms. The average Bonchev–Trinajstić information content (AvgIpc) is 3.92. The van der Waals surface area contributed by atoms with Crippen molar-refractivity contribution in [1.82, 2.24) is 28.7 Å². The molecule has 0 N–H and O–H groups in total. The van der Waals surface area contributed by atoms with Gasteiger partial charge in [-0.05, 0) is 48.5 Å². The fraction of sp³-hybridized carbons (Fsp3) is 0. The number of benzene rings is 7. The number of rotatable bonds is 4. The van der Waals surface area contributed by atoms with Gasteiger partial charge in [0, 0.05) is 37.9 Å². The van der Waals surface area contributed by atoms with Gasteiger partial charge in [-0.15, -0.1) is 0 Å². The number of fused-ring (bicyclic) bond motifs is 9. The molecular weight excluding hydrogens is 625 g/mol. The maximum absolute atomic E-state index is 9.18. The summed E-state index contributed by atoms with van der Waals surface area (Å²) in [5.74, 6) is 0.316. The molecule has 0 atom stereocenters. The Morgan fingerprint density at radius 3 is 1.25 bits per heavy atom. The summed E-state index contributed by atoms with van der Waals surface area (Å²) in [4.78, 5) is 15.4. The second kappa shape index (κ2) is 10.7. The number of para-hydroxylation sites is 7. The number of aromatic nitrogens is 6. The molecule has 11 rings (SSSR count). The Hall–Kier alpha value is -7.05. The smallest absolute Gasteiger partial charge is 0.240 e. The van der Waals surface area contributed by atoms with E-state index in [0.717, 1.165) is 27.5 Å².